The molecule has 1 aliphatic carbocycles. The van der Waals surface area contributed by atoms with Crippen LogP contribution in [0.25, 0.3) is 74.1 Å². The Labute approximate surface area is 815 Å². The van der Waals surface area contributed by atoms with Gasteiger partial charge < -0.3 is 13.7 Å². The number of aryl methyl sites for hydroxylation is 3. The van der Waals surface area contributed by atoms with Crippen molar-refractivity contribution in [2.75, 3.05) is 7.11 Å². The normalized spacial score (nSPS) is 11.5. The number of benzene rings is 10. The second kappa shape index (κ2) is 47.2. The highest BCUT2D eigenvalue weighted by Crippen LogP contribution is 2.35. The Bertz CT molecular complexity index is 7150. The predicted octanol–water partition coefficient (Wildman–Crippen LogP) is 26.9. The highest BCUT2D eigenvalue weighted by Gasteiger charge is 2.24. The third kappa shape index (κ3) is 26.6. The number of hydrogen-bond donors (Lipinski definition) is 8. The van der Waals surface area contributed by atoms with E-state index in [1.165, 1.54) is 37.7 Å². The van der Waals surface area contributed by atoms with Gasteiger partial charge in [0.25, 0.3) is 4.84 Å². The van der Waals surface area contributed by atoms with Crippen molar-refractivity contribution in [3.8, 4) is 79.8 Å². The average molecular weight is 1980 g/mol. The molecule has 666 valence electrons. The summed E-state index contributed by atoms with van der Waals surface area (Å²) in [5.41, 5.74) is 9.79. The number of halogens is 5. The molecule has 10 aromatic carbocycles. The second-order valence-corrected chi connectivity index (χ2v) is 35.1. The molecule has 8 N–H and O–H groups in total. The van der Waals surface area contributed by atoms with E-state index in [2.05, 4.69) is 131 Å². The van der Waals surface area contributed by atoms with E-state index in [9.17, 15) is 0 Å². The zero-order valence-corrected chi connectivity index (χ0v) is 81.4. The van der Waals surface area contributed by atoms with Crippen molar-refractivity contribution in [2.45, 2.75) is 91.0 Å². The molecule has 0 atom stereocenters. The maximum absolute atomic E-state index is 6.07. The summed E-state index contributed by atoms with van der Waals surface area (Å²) in [6, 6.07) is 85.7. The number of nitrogens with zero attached hydrogens (tertiary/aromatic N) is 15. The predicted molar refractivity (Wildman–Crippen MR) is 539 cm³/mol. The molecule has 1 saturated carbocycles. The Morgan fingerprint density at radius 1 is 0.369 bits per heavy atom. The van der Waals surface area contributed by atoms with E-state index in [-0.39, 0.29) is 5.41 Å². The van der Waals surface area contributed by atoms with Crippen LogP contribution < -0.4 is 4.74 Å². The fourth-order valence-electron chi connectivity index (χ4n) is 13.4. The number of aromatic amines is 8. The van der Waals surface area contributed by atoms with Gasteiger partial charge in [-0.2, -0.15) is 35.7 Å². The molecule has 130 heavy (non-hydrogen) atoms. The van der Waals surface area contributed by atoms with Gasteiger partial charge in [0, 0.05) is 95.0 Å². The molecule has 1 aliphatic rings. The van der Waals surface area contributed by atoms with Crippen molar-refractivity contribution in [1.82, 2.24) is 114 Å². The molecule has 0 unspecified atom stereocenters. The first-order chi connectivity index (χ1) is 62.7. The van der Waals surface area contributed by atoms with E-state index >= 15 is 0 Å². The number of hydrogen-bond acceptors (Lipinski definition) is 18. The number of methoxy groups -OCH3 is 1. The van der Waals surface area contributed by atoms with Crippen LogP contribution in [0.15, 0.2) is 271 Å². The zero-order valence-electron chi connectivity index (χ0n) is 71.1. The van der Waals surface area contributed by atoms with E-state index in [4.69, 9.17) is 165 Å². The van der Waals surface area contributed by atoms with Gasteiger partial charge in [0.2, 0.25) is 5.89 Å². The van der Waals surface area contributed by atoms with Crippen LogP contribution in [-0.2, 0) is 25.4 Å². The van der Waals surface area contributed by atoms with Crippen molar-refractivity contribution in [3.63, 3.8) is 0 Å². The van der Waals surface area contributed by atoms with Gasteiger partial charge in [0.15, 0.2) is 50.9 Å². The first-order valence-corrected chi connectivity index (χ1v) is 45.6. The number of H-pyrrole nitrogens is 8. The number of ether oxygens (including phenoxy) is 1. The topological polar surface area (TPSA) is 286 Å². The van der Waals surface area contributed by atoms with Crippen LogP contribution in [0.2, 0.25) is 25.1 Å². The van der Waals surface area contributed by atoms with Gasteiger partial charge in [-0.25, -0.2) is 5.10 Å². The summed E-state index contributed by atoms with van der Waals surface area (Å²) in [5.74, 6) is 7.89. The van der Waals surface area contributed by atoms with E-state index in [1.807, 2.05) is 267 Å². The maximum atomic E-state index is 6.07. The van der Waals surface area contributed by atoms with E-state index in [1.54, 1.807) is 31.4 Å². The van der Waals surface area contributed by atoms with E-state index in [0.717, 1.165) is 104 Å². The minimum Gasteiger partial charge on any atom is -0.497 e. The Morgan fingerprint density at radius 3 is 1.23 bits per heavy atom. The van der Waals surface area contributed by atoms with Crippen LogP contribution in [0.1, 0.15) is 87.7 Å². The lowest BCUT2D eigenvalue weighted by Crippen LogP contribution is -2.18. The zero-order chi connectivity index (χ0) is 92.4. The van der Waals surface area contributed by atoms with Gasteiger partial charge >= 0.3 is 0 Å². The molecule has 1 fully saturated rings. The molecule has 0 radical (unpaired) electrons. The SMILES string of the molecule is CC(C)(C)c1n[nH]c(=S)n1-c1ccccc1.COc1ccc(-n2c(-c3ccccc3)n[nH]c2=S)cc1.Cc1n[nH]c(=S)n1-c1ccc(Cl)cc1.Cc1n[nH]c(=S)n1C.S=c1[nH]nc(-c2cc(Cl)cc(Cl)c2)n1-c1ccccc1.S=c1[nH]nc(-c2cc(Cl)cc(Cl)c2)n1CCc1ccccc1.S=c1[nH]nc(-c2ccccc2)o1.S=c1[nH]nc(C2CCCCC2)n1-c1ccccc1. The van der Waals surface area contributed by atoms with Crippen LogP contribution in [0.5, 0.6) is 5.75 Å². The summed E-state index contributed by atoms with van der Waals surface area (Å²) < 4.78 is 28.0. The van der Waals surface area contributed by atoms with Gasteiger partial charge in [0.05, 0.1) is 12.8 Å². The highest BCUT2D eigenvalue weighted by atomic mass is 35.5. The van der Waals surface area contributed by atoms with Gasteiger partial charge in [-0.3, -0.25) is 63.1 Å². The molecule has 38 heteroatoms. The van der Waals surface area contributed by atoms with Crippen molar-refractivity contribution in [3.05, 3.63) is 359 Å². The van der Waals surface area contributed by atoms with Crippen molar-refractivity contribution in [1.29, 1.82) is 0 Å². The Kier molecular flexibility index (Phi) is 35.4. The number of nitrogens with one attached hydrogen (secondary N) is 8. The molecule has 0 saturated heterocycles. The minimum absolute atomic E-state index is 0.0383. The molecule has 0 aliphatic heterocycles. The van der Waals surface area contributed by atoms with E-state index in [0.29, 0.717) is 81.0 Å². The third-order valence-corrected chi connectivity index (χ3v) is 23.1. The molecule has 0 spiro atoms. The molecule has 18 aromatic rings. The van der Waals surface area contributed by atoms with Crippen molar-refractivity contribution >= 4 is 156 Å². The molecule has 8 aromatic heterocycles. The minimum atomic E-state index is -0.0383. The number of para-hydroxylation sites is 3. The van der Waals surface area contributed by atoms with Gasteiger partial charge in [0.1, 0.15) is 29.0 Å². The average Bonchev–Trinajstić information content (AvgIpc) is 1.66. The van der Waals surface area contributed by atoms with Crippen LogP contribution in [0.4, 0.5) is 0 Å². The van der Waals surface area contributed by atoms with Crippen molar-refractivity contribution in [2.24, 2.45) is 7.05 Å². The highest BCUT2D eigenvalue weighted by molar-refractivity contribution is 7.72. The maximum Gasteiger partial charge on any atom is 0.284 e. The molecular formula is C92H88Cl5N23O2S8. The molecular weight excluding hydrogens is 1890 g/mol. The lowest BCUT2D eigenvalue weighted by Gasteiger charge is -2.21. The molecule has 8 heterocycles. The van der Waals surface area contributed by atoms with Crippen LogP contribution in [0.3, 0.4) is 0 Å². The Hall–Kier alpha value is -11.7. The molecule has 0 amide bonds. The first kappa shape index (κ1) is 97.4. The smallest absolute Gasteiger partial charge is 0.284 e. The Morgan fingerprint density at radius 2 is 0.762 bits per heavy atom. The fourth-order valence-corrected chi connectivity index (χ4v) is 16.3. The summed E-state index contributed by atoms with van der Waals surface area (Å²) in [4.78, 5) is 0.300. The summed E-state index contributed by atoms with van der Waals surface area (Å²) in [6.07, 6.45) is 7.29. The lowest BCUT2D eigenvalue weighted by molar-refractivity contribution is 0.414. The first-order valence-electron chi connectivity index (χ1n) is 40.5. The third-order valence-electron chi connectivity index (χ3n) is 19.7. The van der Waals surface area contributed by atoms with Crippen LogP contribution in [-0.4, -0.2) is 121 Å². The van der Waals surface area contributed by atoms with Gasteiger partial charge in [-0.1, -0.05) is 231 Å². The van der Waals surface area contributed by atoms with Gasteiger partial charge in [-0.05, 0) is 270 Å². The standard InChI is InChI=1S/C16H13Cl2N3S.C15H13N3OS.C14H9Cl2N3S.C14H17N3S.C12H15N3S.C9H8ClN3S.C8H6N2OS.C4H7N3S/c17-13-8-12(9-14(18)10-13)15-19-20-16(22)21(15)7-6-11-4-2-1-3-5-11;1-19-13-9-7-12(8-10-13)18-14(16-17-15(18)20)11-5-3-2-4-6-11;15-10-6-9(7-11(16)8-10)13-17-18-14(20)19(13)12-4-2-1-3-5-12;18-14-16-15-13(11-7-3-1-4-8-11)17(14)12-9-5-2-6-10-12;1-12(2,3)10-13-14-11(16)15(10)9-7-5-4-6-8-9;1-6-11-12-9(14)13(6)8-4-2-7(10)3-5-8;12-8-10-9-7(11-8)6-4-2-1-3-5-6;1-3-5-6-4(8)7(3)2/h1-5,8-10H,6-7H2,(H,20,22);2-10H,1H3,(H,17,20);1-8H,(H,18,20);2,5-6,9-11H,1,3-4,7-8H2,(H,16,18);4-8H,1-3H3,(H,14,16);2-5H,1H3,(H,12,14);1-5H,(H,10,12);1-2H3,(H,6,8). The van der Waals surface area contributed by atoms with Gasteiger partial charge in [-0.15, -0.1) is 5.10 Å². The summed E-state index contributed by atoms with van der Waals surface area (Å²) in [6.45, 7) is 10.9. The second-order valence-electron chi connectivity index (χ2n) is 29.8. The summed E-state index contributed by atoms with van der Waals surface area (Å²) in [7, 11) is 3.52. The largest absolute Gasteiger partial charge is 0.497 e. The fraction of sp³-hybridized carbons (Fsp3) is 0.174. The van der Waals surface area contributed by atoms with E-state index < -0.39 is 0 Å². The lowest BCUT2D eigenvalue weighted by atomic mass is 9.88. The number of aromatic nitrogens is 23. The molecule has 25 nitrogen and oxygen atoms in total. The molecule has 19 rings (SSSR count). The number of rotatable bonds is 14. The monoisotopic (exact) mass is 1980 g/mol. The summed E-state index contributed by atoms with van der Waals surface area (Å²) in [5, 5.41) is 58.7. The quantitative estimate of drug-likeness (QED) is 0.0470. The van der Waals surface area contributed by atoms with Crippen molar-refractivity contribution < 1.29 is 9.15 Å². The summed E-state index contributed by atoms with van der Waals surface area (Å²) >= 11 is 71.3. The Balaban J connectivity index is 0.000000136. The molecule has 0 bridgehead atoms. The van der Waals surface area contributed by atoms with Crippen LogP contribution >= 0.6 is 156 Å². The van der Waals surface area contributed by atoms with Crippen LogP contribution in [0, 0.1) is 52.1 Å².